The molecule has 0 spiro atoms. The van der Waals surface area contributed by atoms with Gasteiger partial charge < -0.3 is 25.4 Å². The molecule has 0 aliphatic carbocycles. The molecule has 11 heteroatoms. The van der Waals surface area contributed by atoms with Gasteiger partial charge in [0.15, 0.2) is 0 Å². The van der Waals surface area contributed by atoms with Gasteiger partial charge in [-0.05, 0) is 61.5 Å². The van der Waals surface area contributed by atoms with Gasteiger partial charge in [-0.15, -0.1) is 11.8 Å². The summed E-state index contributed by atoms with van der Waals surface area (Å²) in [5.74, 6) is -0.131. The Morgan fingerprint density at radius 1 is 0.773 bits per heavy atom. The first-order valence-corrected chi connectivity index (χ1v) is 14.9. The number of rotatable bonds is 11. The number of hydrogen-bond donors (Lipinski definition) is 3. The zero-order chi connectivity index (χ0) is 31.6. The second-order valence-corrected chi connectivity index (χ2v) is 11.6. The third-order valence-corrected chi connectivity index (χ3v) is 8.00. The number of thioether (sulfide) groups is 1. The monoisotopic (exact) mass is 649 g/mol. The van der Waals surface area contributed by atoms with E-state index in [-0.39, 0.29) is 11.6 Å². The van der Waals surface area contributed by atoms with Gasteiger partial charge in [-0.2, -0.15) is 0 Å². The van der Waals surface area contributed by atoms with Crippen LogP contribution < -0.4 is 25.4 Å². The first-order valence-electron chi connectivity index (χ1n) is 13.3. The van der Waals surface area contributed by atoms with Crippen molar-refractivity contribution in [2.24, 2.45) is 0 Å². The summed E-state index contributed by atoms with van der Waals surface area (Å²) in [7, 11) is 3.08. The molecule has 0 aromatic heterocycles. The van der Waals surface area contributed by atoms with Crippen molar-refractivity contribution in [3.05, 3.63) is 118 Å². The first kappa shape index (κ1) is 32.5. The highest BCUT2D eigenvalue weighted by atomic mass is 35.5. The molecule has 3 amide bonds. The fraction of sp³-hybridized carbons (Fsp3) is 0.121. The van der Waals surface area contributed by atoms with E-state index in [2.05, 4.69) is 16.0 Å². The third kappa shape index (κ3) is 8.79. The first-order chi connectivity index (χ1) is 21.2. The van der Waals surface area contributed by atoms with E-state index in [1.165, 1.54) is 32.1 Å². The molecule has 4 aromatic carbocycles. The van der Waals surface area contributed by atoms with Crippen LogP contribution in [0.3, 0.4) is 0 Å². The van der Waals surface area contributed by atoms with Crippen LogP contribution in [0.15, 0.2) is 102 Å². The smallest absolute Gasteiger partial charge is 0.272 e. The Morgan fingerprint density at radius 3 is 1.98 bits per heavy atom. The van der Waals surface area contributed by atoms with Crippen LogP contribution in [0, 0.1) is 0 Å². The van der Waals surface area contributed by atoms with Crippen molar-refractivity contribution in [3.8, 4) is 11.5 Å². The summed E-state index contributed by atoms with van der Waals surface area (Å²) in [6.07, 6.45) is 1.43. The summed E-state index contributed by atoms with van der Waals surface area (Å²) >= 11 is 14.0. The molecule has 0 saturated carbocycles. The average molecular weight is 651 g/mol. The highest BCUT2D eigenvalue weighted by molar-refractivity contribution is 8.00. The summed E-state index contributed by atoms with van der Waals surface area (Å²) in [4.78, 5) is 39.9. The Kier molecular flexibility index (Phi) is 11.3. The molecule has 44 heavy (non-hydrogen) atoms. The lowest BCUT2D eigenvalue weighted by molar-refractivity contribution is -0.115. The fourth-order valence-electron chi connectivity index (χ4n) is 3.93. The minimum absolute atomic E-state index is 0.0493. The minimum Gasteiger partial charge on any atom is -0.497 e. The van der Waals surface area contributed by atoms with Gasteiger partial charge in [0.25, 0.3) is 11.8 Å². The van der Waals surface area contributed by atoms with Crippen molar-refractivity contribution in [2.45, 2.75) is 17.1 Å². The van der Waals surface area contributed by atoms with Crippen molar-refractivity contribution >= 4 is 70.1 Å². The van der Waals surface area contributed by atoms with Gasteiger partial charge in [-0.3, -0.25) is 14.4 Å². The van der Waals surface area contributed by atoms with Crippen LogP contribution in [-0.4, -0.2) is 37.2 Å². The number of methoxy groups -OCH3 is 2. The van der Waals surface area contributed by atoms with Gasteiger partial charge in [0.2, 0.25) is 5.91 Å². The highest BCUT2D eigenvalue weighted by Gasteiger charge is 2.18. The normalized spacial score (nSPS) is 11.7. The largest absolute Gasteiger partial charge is 0.497 e. The molecule has 0 aliphatic rings. The molecule has 0 aliphatic heterocycles. The number of amides is 3. The molecule has 4 rings (SSSR count). The summed E-state index contributed by atoms with van der Waals surface area (Å²) in [6, 6.07) is 25.6. The van der Waals surface area contributed by atoms with E-state index in [1.54, 1.807) is 97.9 Å². The van der Waals surface area contributed by atoms with Crippen molar-refractivity contribution in [1.82, 2.24) is 5.32 Å². The Balaban J connectivity index is 1.45. The van der Waals surface area contributed by atoms with E-state index >= 15 is 0 Å². The van der Waals surface area contributed by atoms with Crippen LogP contribution >= 0.6 is 35.0 Å². The standard InChI is InChI=1S/C33H29Cl2N3O5S/c1-20(31(39)37-23-16-24(42-2)18-25(17-23)43-3)44-26-14-12-22(13-15-26)36-33(41)30(19-27-28(34)10-7-11-29(27)35)38-32(40)21-8-5-4-6-9-21/h4-20H,1-3H3,(H,36,41)(H,37,39)(H,38,40)/b30-19-. The topological polar surface area (TPSA) is 106 Å². The number of anilines is 2. The van der Waals surface area contributed by atoms with E-state index in [4.69, 9.17) is 32.7 Å². The van der Waals surface area contributed by atoms with Crippen molar-refractivity contribution < 1.29 is 23.9 Å². The number of hydrogen-bond acceptors (Lipinski definition) is 6. The van der Waals surface area contributed by atoms with Gasteiger partial charge in [-0.1, -0.05) is 47.5 Å². The molecular weight excluding hydrogens is 621 g/mol. The Morgan fingerprint density at radius 2 is 1.39 bits per heavy atom. The lowest BCUT2D eigenvalue weighted by Crippen LogP contribution is -2.30. The Hall–Kier alpha value is -4.44. The maximum absolute atomic E-state index is 13.4. The minimum atomic E-state index is -0.577. The third-order valence-electron chi connectivity index (χ3n) is 6.23. The number of halogens is 2. The van der Waals surface area contributed by atoms with Crippen LogP contribution in [0.2, 0.25) is 10.0 Å². The van der Waals surface area contributed by atoms with E-state index < -0.39 is 17.1 Å². The predicted molar refractivity (Wildman–Crippen MR) is 177 cm³/mol. The fourth-order valence-corrected chi connectivity index (χ4v) is 5.31. The summed E-state index contributed by atoms with van der Waals surface area (Å²) in [6.45, 7) is 1.79. The molecule has 3 N–H and O–H groups in total. The van der Waals surface area contributed by atoms with Gasteiger partial charge >= 0.3 is 0 Å². The molecule has 1 atom stereocenters. The lowest BCUT2D eigenvalue weighted by Gasteiger charge is -2.14. The number of ether oxygens (including phenoxy) is 2. The predicted octanol–water partition coefficient (Wildman–Crippen LogP) is 7.54. The van der Waals surface area contributed by atoms with Gasteiger partial charge in [0.05, 0.1) is 19.5 Å². The molecule has 0 saturated heterocycles. The van der Waals surface area contributed by atoms with E-state index in [0.29, 0.717) is 44.0 Å². The number of carbonyl (C=O) groups excluding carboxylic acids is 3. The molecule has 1 unspecified atom stereocenters. The highest BCUT2D eigenvalue weighted by Crippen LogP contribution is 2.30. The molecular formula is C33H29Cl2N3O5S. The van der Waals surface area contributed by atoms with Crippen molar-refractivity contribution in [2.75, 3.05) is 24.9 Å². The Bertz CT molecular complexity index is 1640. The maximum Gasteiger partial charge on any atom is 0.272 e. The zero-order valence-electron chi connectivity index (χ0n) is 24.0. The van der Waals surface area contributed by atoms with E-state index in [1.807, 2.05) is 0 Å². The van der Waals surface area contributed by atoms with Gasteiger partial charge in [-0.25, -0.2) is 0 Å². The SMILES string of the molecule is COc1cc(NC(=O)C(C)Sc2ccc(NC(=O)/C(=C/c3c(Cl)cccc3Cl)NC(=O)c3ccccc3)cc2)cc(OC)c1. The molecule has 0 heterocycles. The summed E-state index contributed by atoms with van der Waals surface area (Å²) in [5, 5.41) is 8.55. The molecule has 0 bridgehead atoms. The quantitative estimate of drug-likeness (QED) is 0.114. The van der Waals surface area contributed by atoms with Gasteiger partial charge in [0.1, 0.15) is 17.2 Å². The zero-order valence-corrected chi connectivity index (χ0v) is 26.3. The number of carbonyl (C=O) groups is 3. The van der Waals surface area contributed by atoms with Crippen molar-refractivity contribution in [3.63, 3.8) is 0 Å². The summed E-state index contributed by atoms with van der Waals surface area (Å²) < 4.78 is 10.5. The van der Waals surface area contributed by atoms with Crippen molar-refractivity contribution in [1.29, 1.82) is 0 Å². The molecule has 8 nitrogen and oxygen atoms in total. The molecule has 0 radical (unpaired) electrons. The lowest BCUT2D eigenvalue weighted by atomic mass is 10.1. The molecule has 4 aromatic rings. The maximum atomic E-state index is 13.4. The van der Waals surface area contributed by atoms with Crippen LogP contribution in [0.4, 0.5) is 11.4 Å². The molecule has 226 valence electrons. The second kappa shape index (κ2) is 15.3. The summed E-state index contributed by atoms with van der Waals surface area (Å²) in [5.41, 5.74) is 1.75. The molecule has 0 fully saturated rings. The number of nitrogens with one attached hydrogen (secondary N) is 3. The second-order valence-electron chi connectivity index (χ2n) is 9.34. The van der Waals surface area contributed by atoms with Gasteiger partial charge in [0, 0.05) is 55.6 Å². The Labute approximate surface area is 269 Å². The van der Waals surface area contributed by atoms with E-state index in [0.717, 1.165) is 4.90 Å². The van der Waals surface area contributed by atoms with Crippen LogP contribution in [0.1, 0.15) is 22.8 Å². The van der Waals surface area contributed by atoms with Crippen LogP contribution in [0.5, 0.6) is 11.5 Å². The average Bonchev–Trinajstić information content (AvgIpc) is 3.03. The van der Waals surface area contributed by atoms with E-state index in [9.17, 15) is 14.4 Å². The van der Waals surface area contributed by atoms with Crippen LogP contribution in [-0.2, 0) is 9.59 Å². The number of benzene rings is 4. The van der Waals surface area contributed by atoms with Crippen LogP contribution in [0.25, 0.3) is 6.08 Å².